The van der Waals surface area contributed by atoms with E-state index in [1.807, 2.05) is 25.1 Å². The van der Waals surface area contributed by atoms with Crippen LogP contribution in [0, 0.1) is 0 Å². The third kappa shape index (κ3) is 6.43. The van der Waals surface area contributed by atoms with Crippen LogP contribution in [0.4, 0.5) is 4.79 Å². The number of primary sulfonamides is 1. The number of hydrogen-bond donors (Lipinski definition) is 3. The van der Waals surface area contributed by atoms with Gasteiger partial charge in [0.15, 0.2) is 11.5 Å². The van der Waals surface area contributed by atoms with Crippen molar-refractivity contribution in [3.8, 4) is 11.5 Å². The summed E-state index contributed by atoms with van der Waals surface area (Å²) in [4.78, 5) is 11.9. The van der Waals surface area contributed by atoms with Gasteiger partial charge < -0.3 is 20.1 Å². The highest BCUT2D eigenvalue weighted by Gasteiger charge is 2.08. The summed E-state index contributed by atoms with van der Waals surface area (Å²) in [6.07, 6.45) is 0.638. The van der Waals surface area contributed by atoms with Crippen molar-refractivity contribution < 1.29 is 22.7 Å². The monoisotopic (exact) mass is 407 g/mol. The third-order valence-electron chi connectivity index (χ3n) is 3.93. The van der Waals surface area contributed by atoms with Crippen molar-refractivity contribution in [1.82, 2.24) is 10.6 Å². The molecule has 2 amide bonds. The van der Waals surface area contributed by atoms with Gasteiger partial charge in [0.2, 0.25) is 10.0 Å². The van der Waals surface area contributed by atoms with Crippen LogP contribution < -0.4 is 25.2 Å². The molecule has 0 aliphatic heterocycles. The largest absolute Gasteiger partial charge is 0.493 e. The molecule has 0 heterocycles. The van der Waals surface area contributed by atoms with Crippen LogP contribution in [0.2, 0.25) is 0 Å². The summed E-state index contributed by atoms with van der Waals surface area (Å²) in [5, 5.41) is 10.5. The van der Waals surface area contributed by atoms with Crippen molar-refractivity contribution in [1.29, 1.82) is 0 Å². The molecule has 0 radical (unpaired) electrons. The Labute approximate surface area is 165 Å². The highest BCUT2D eigenvalue weighted by molar-refractivity contribution is 7.89. The van der Waals surface area contributed by atoms with Crippen LogP contribution in [0.5, 0.6) is 11.5 Å². The quantitative estimate of drug-likeness (QED) is 0.585. The van der Waals surface area contributed by atoms with Gasteiger partial charge in [0.05, 0.1) is 18.6 Å². The molecule has 0 atom stereocenters. The molecule has 0 fully saturated rings. The molecule has 8 nitrogen and oxygen atoms in total. The minimum atomic E-state index is -3.72. The maximum atomic E-state index is 11.9. The fourth-order valence-electron chi connectivity index (χ4n) is 2.50. The number of nitrogens with two attached hydrogens (primary N) is 1. The number of urea groups is 1. The molecule has 4 N–H and O–H groups in total. The lowest BCUT2D eigenvalue weighted by Crippen LogP contribution is -2.36. The van der Waals surface area contributed by atoms with Gasteiger partial charge in [-0.05, 0) is 48.7 Å². The summed E-state index contributed by atoms with van der Waals surface area (Å²) in [6.45, 7) is 3.19. The molecule has 0 unspecified atom stereocenters. The van der Waals surface area contributed by atoms with Gasteiger partial charge in [0.25, 0.3) is 0 Å². The molecular weight excluding hydrogens is 382 g/mol. The number of amides is 2. The summed E-state index contributed by atoms with van der Waals surface area (Å²) >= 11 is 0. The minimum absolute atomic E-state index is 0.0338. The van der Waals surface area contributed by atoms with Crippen LogP contribution in [-0.2, 0) is 23.0 Å². The first-order chi connectivity index (χ1) is 13.3. The number of rotatable bonds is 9. The van der Waals surface area contributed by atoms with E-state index >= 15 is 0 Å². The van der Waals surface area contributed by atoms with Gasteiger partial charge in [0, 0.05) is 13.1 Å². The molecule has 0 aliphatic carbocycles. The van der Waals surface area contributed by atoms with Crippen molar-refractivity contribution in [3.63, 3.8) is 0 Å². The van der Waals surface area contributed by atoms with Gasteiger partial charge in [-0.2, -0.15) is 0 Å². The molecule has 2 aromatic rings. The lowest BCUT2D eigenvalue weighted by Gasteiger charge is -2.12. The van der Waals surface area contributed by atoms with Crippen LogP contribution in [0.25, 0.3) is 0 Å². The molecule has 0 aromatic heterocycles. The number of carbonyl (C=O) groups excluding carboxylic acids is 1. The molecule has 0 saturated carbocycles. The fraction of sp³-hybridized carbons (Fsp3) is 0.316. The summed E-state index contributed by atoms with van der Waals surface area (Å²) < 4.78 is 33.2. The Hall–Kier alpha value is -2.78. The highest BCUT2D eigenvalue weighted by atomic mass is 32.2. The second-order valence-corrected chi connectivity index (χ2v) is 7.53. The number of benzene rings is 2. The number of hydrogen-bond acceptors (Lipinski definition) is 5. The minimum Gasteiger partial charge on any atom is -0.493 e. The fourth-order valence-corrected chi connectivity index (χ4v) is 3.02. The average molecular weight is 407 g/mol. The normalized spacial score (nSPS) is 11.0. The van der Waals surface area contributed by atoms with Crippen molar-refractivity contribution in [2.75, 3.05) is 20.3 Å². The number of nitrogens with one attached hydrogen (secondary N) is 2. The van der Waals surface area contributed by atoms with Crippen LogP contribution in [0.1, 0.15) is 18.1 Å². The van der Waals surface area contributed by atoms with Gasteiger partial charge in [0.1, 0.15) is 0 Å². The van der Waals surface area contributed by atoms with E-state index in [-0.39, 0.29) is 17.5 Å². The molecular formula is C19H25N3O5S. The Bertz CT molecular complexity index is 898. The van der Waals surface area contributed by atoms with E-state index < -0.39 is 10.0 Å². The first-order valence-corrected chi connectivity index (χ1v) is 10.3. The highest BCUT2D eigenvalue weighted by Crippen LogP contribution is 2.28. The lowest BCUT2D eigenvalue weighted by atomic mass is 10.1. The summed E-state index contributed by atoms with van der Waals surface area (Å²) in [6, 6.07) is 11.4. The Morgan fingerprint density at radius 2 is 1.71 bits per heavy atom. The molecule has 0 aliphatic rings. The zero-order valence-electron chi connectivity index (χ0n) is 15.9. The maximum Gasteiger partial charge on any atom is 0.315 e. The lowest BCUT2D eigenvalue weighted by molar-refractivity contribution is 0.240. The first kappa shape index (κ1) is 21.5. The van der Waals surface area contributed by atoms with Gasteiger partial charge in [-0.15, -0.1) is 0 Å². The van der Waals surface area contributed by atoms with Crippen molar-refractivity contribution >= 4 is 16.1 Å². The summed E-state index contributed by atoms with van der Waals surface area (Å²) in [5.41, 5.74) is 1.78. The van der Waals surface area contributed by atoms with E-state index in [2.05, 4.69) is 10.6 Å². The predicted octanol–water partition coefficient (Wildman–Crippen LogP) is 1.78. The summed E-state index contributed by atoms with van der Waals surface area (Å²) in [5.74, 6) is 1.35. The van der Waals surface area contributed by atoms with Crippen LogP contribution in [0.15, 0.2) is 47.4 Å². The molecule has 2 aromatic carbocycles. The smallest absolute Gasteiger partial charge is 0.315 e. The standard InChI is InChI=1S/C19H25N3O5S/c1-3-27-17-9-6-14(12-18(17)26-2)10-11-21-19(23)22-13-15-4-7-16(8-5-15)28(20,24)25/h4-9,12H,3,10-11,13H2,1-2H3,(H2,20,24,25)(H2,21,22,23). The van der Waals surface area contributed by atoms with Crippen molar-refractivity contribution in [2.45, 2.75) is 24.8 Å². The van der Waals surface area contributed by atoms with Gasteiger partial charge in [-0.3, -0.25) is 0 Å². The molecule has 0 spiro atoms. The second kappa shape index (κ2) is 9.95. The van der Waals surface area contributed by atoms with E-state index in [1.165, 1.54) is 12.1 Å². The van der Waals surface area contributed by atoms with Crippen molar-refractivity contribution in [2.24, 2.45) is 5.14 Å². The van der Waals surface area contributed by atoms with Crippen LogP contribution in [0.3, 0.4) is 0 Å². The van der Waals surface area contributed by atoms with Gasteiger partial charge >= 0.3 is 6.03 Å². The molecule has 0 saturated heterocycles. The third-order valence-corrected chi connectivity index (χ3v) is 4.86. The van der Waals surface area contributed by atoms with Crippen molar-refractivity contribution in [3.05, 3.63) is 53.6 Å². The number of methoxy groups -OCH3 is 1. The van der Waals surface area contributed by atoms with Gasteiger partial charge in [-0.1, -0.05) is 18.2 Å². The Balaban J connectivity index is 1.78. The van der Waals surface area contributed by atoms with E-state index in [0.29, 0.717) is 31.1 Å². The zero-order valence-corrected chi connectivity index (χ0v) is 16.7. The first-order valence-electron chi connectivity index (χ1n) is 8.76. The second-order valence-electron chi connectivity index (χ2n) is 5.97. The average Bonchev–Trinajstić information content (AvgIpc) is 2.67. The van der Waals surface area contributed by atoms with Crippen LogP contribution in [-0.4, -0.2) is 34.7 Å². The molecule has 152 valence electrons. The van der Waals surface area contributed by atoms with E-state index in [4.69, 9.17) is 14.6 Å². The maximum absolute atomic E-state index is 11.9. The Morgan fingerprint density at radius 1 is 1.04 bits per heavy atom. The summed E-state index contributed by atoms with van der Waals surface area (Å²) in [7, 11) is -2.13. The number of carbonyl (C=O) groups is 1. The topological polar surface area (TPSA) is 120 Å². The number of ether oxygens (including phenoxy) is 2. The molecule has 9 heteroatoms. The zero-order chi connectivity index (χ0) is 20.6. The van der Waals surface area contributed by atoms with Gasteiger partial charge in [-0.25, -0.2) is 18.4 Å². The van der Waals surface area contributed by atoms with Crippen LogP contribution >= 0.6 is 0 Å². The predicted molar refractivity (Wildman–Crippen MR) is 106 cm³/mol. The Kier molecular flexibility index (Phi) is 7.65. The van der Waals surface area contributed by atoms with E-state index in [9.17, 15) is 13.2 Å². The van der Waals surface area contributed by atoms with E-state index in [0.717, 1.165) is 11.1 Å². The molecule has 28 heavy (non-hydrogen) atoms. The molecule has 2 rings (SSSR count). The van der Waals surface area contributed by atoms with E-state index in [1.54, 1.807) is 19.2 Å². The Morgan fingerprint density at radius 3 is 2.32 bits per heavy atom. The molecule has 0 bridgehead atoms. The number of sulfonamides is 1. The SMILES string of the molecule is CCOc1ccc(CCNC(=O)NCc2ccc(S(N)(=O)=O)cc2)cc1OC.